The third kappa shape index (κ3) is 7.39. The molecule has 0 atom stereocenters. The Morgan fingerprint density at radius 2 is 1.83 bits per heavy atom. The van der Waals surface area contributed by atoms with Crippen molar-refractivity contribution in [1.29, 1.82) is 0 Å². The Hall–Kier alpha value is -3.72. The number of amides is 3. The lowest BCUT2D eigenvalue weighted by atomic mass is 9.92. The van der Waals surface area contributed by atoms with Gasteiger partial charge in [-0.05, 0) is 49.2 Å². The fourth-order valence-corrected chi connectivity index (χ4v) is 3.57. The predicted molar refractivity (Wildman–Crippen MR) is 139 cm³/mol. The highest BCUT2D eigenvalue weighted by Crippen LogP contribution is 2.26. The van der Waals surface area contributed by atoms with E-state index < -0.39 is 11.8 Å². The first-order chi connectivity index (χ1) is 17.1. The molecule has 0 aliphatic carbocycles. The van der Waals surface area contributed by atoms with Crippen LogP contribution in [-0.2, 0) is 14.9 Å². The normalized spacial score (nSPS) is 11.3. The van der Waals surface area contributed by atoms with Gasteiger partial charge in [-0.1, -0.05) is 39.0 Å². The number of aromatic nitrogens is 2. The van der Waals surface area contributed by atoms with Crippen LogP contribution in [0.5, 0.6) is 0 Å². The van der Waals surface area contributed by atoms with Crippen molar-refractivity contribution in [1.82, 2.24) is 14.7 Å². The zero-order chi connectivity index (χ0) is 26.3. The molecule has 2 aromatic carbocycles. The summed E-state index contributed by atoms with van der Waals surface area (Å²) in [6.45, 7) is 8.66. The first kappa shape index (κ1) is 26.9. The molecule has 0 aliphatic rings. The van der Waals surface area contributed by atoms with Crippen LogP contribution in [0.4, 0.5) is 20.7 Å². The highest BCUT2D eigenvalue weighted by atomic mass is 19.1. The number of nitrogens with zero attached hydrogens (tertiary/aromatic N) is 3. The van der Waals surface area contributed by atoms with Crippen LogP contribution < -0.4 is 10.6 Å². The molecule has 0 bridgehead atoms. The molecule has 1 aromatic heterocycles. The highest BCUT2D eigenvalue weighted by Gasteiger charge is 2.23. The lowest BCUT2D eigenvalue weighted by Gasteiger charge is -2.22. The Kier molecular flexibility index (Phi) is 8.82. The van der Waals surface area contributed by atoms with Crippen molar-refractivity contribution < 1.29 is 18.7 Å². The van der Waals surface area contributed by atoms with Crippen LogP contribution in [0.3, 0.4) is 0 Å². The largest absolute Gasteiger partial charge is 0.385 e. The van der Waals surface area contributed by atoms with E-state index in [2.05, 4.69) is 31.4 Å². The zero-order valence-corrected chi connectivity index (χ0v) is 21.5. The zero-order valence-electron chi connectivity index (χ0n) is 21.5. The molecule has 192 valence electrons. The fourth-order valence-electron chi connectivity index (χ4n) is 3.57. The molecule has 3 aromatic rings. The molecule has 0 saturated heterocycles. The van der Waals surface area contributed by atoms with E-state index in [0.29, 0.717) is 24.5 Å². The number of halogens is 1. The molecule has 0 radical (unpaired) electrons. The average Bonchev–Trinajstić information content (AvgIpc) is 3.23. The van der Waals surface area contributed by atoms with E-state index in [-0.39, 0.29) is 24.4 Å². The van der Waals surface area contributed by atoms with Crippen LogP contribution in [-0.4, -0.2) is 53.4 Å². The number of carbonyl (C=O) groups excluding carboxylic acids is 2. The molecule has 2 N–H and O–H groups in total. The van der Waals surface area contributed by atoms with Crippen LogP contribution in [0.2, 0.25) is 0 Å². The molecule has 3 rings (SSSR count). The number of aryl methyl sites for hydroxylation is 1. The van der Waals surface area contributed by atoms with E-state index in [1.165, 1.54) is 23.1 Å². The summed E-state index contributed by atoms with van der Waals surface area (Å²) in [5.41, 5.74) is 2.79. The number of ether oxygens (including phenoxy) is 1. The molecule has 1 heterocycles. The molecule has 0 spiro atoms. The molecule has 0 fully saturated rings. The topological polar surface area (TPSA) is 88.5 Å². The summed E-state index contributed by atoms with van der Waals surface area (Å²) >= 11 is 0. The van der Waals surface area contributed by atoms with Crippen LogP contribution in [0.25, 0.3) is 5.69 Å². The Labute approximate surface area is 211 Å². The number of methoxy groups -OCH3 is 1. The molecule has 0 unspecified atom stereocenters. The summed E-state index contributed by atoms with van der Waals surface area (Å²) in [6, 6.07) is 14.8. The first-order valence-corrected chi connectivity index (χ1v) is 11.8. The molecule has 36 heavy (non-hydrogen) atoms. The van der Waals surface area contributed by atoms with Crippen molar-refractivity contribution in [3.8, 4) is 5.69 Å². The van der Waals surface area contributed by atoms with Gasteiger partial charge in [-0.25, -0.2) is 13.9 Å². The van der Waals surface area contributed by atoms with Crippen molar-refractivity contribution in [2.75, 3.05) is 37.4 Å². The second-order valence-electron chi connectivity index (χ2n) is 9.67. The number of hydrogen-bond donors (Lipinski definition) is 2. The Morgan fingerprint density at radius 3 is 2.50 bits per heavy atom. The smallest absolute Gasteiger partial charge is 0.322 e. The predicted octanol–water partition coefficient (Wildman–Crippen LogP) is 5.13. The summed E-state index contributed by atoms with van der Waals surface area (Å²) in [5.74, 6) is -0.329. The Bertz CT molecular complexity index is 1200. The van der Waals surface area contributed by atoms with Gasteiger partial charge in [0.25, 0.3) is 0 Å². The third-order valence-electron chi connectivity index (χ3n) is 5.47. The Morgan fingerprint density at radius 1 is 1.08 bits per heavy atom. The van der Waals surface area contributed by atoms with Gasteiger partial charge in [-0.3, -0.25) is 4.79 Å². The quantitative estimate of drug-likeness (QED) is 0.403. The third-order valence-corrected chi connectivity index (χ3v) is 5.47. The minimum atomic E-state index is -0.505. The van der Waals surface area contributed by atoms with Crippen LogP contribution in [0.15, 0.2) is 54.6 Å². The minimum Gasteiger partial charge on any atom is -0.385 e. The molecular weight excluding hydrogens is 461 g/mol. The average molecular weight is 496 g/mol. The van der Waals surface area contributed by atoms with Gasteiger partial charge in [-0.15, -0.1) is 0 Å². The van der Waals surface area contributed by atoms with Crippen molar-refractivity contribution in [3.05, 3.63) is 71.7 Å². The van der Waals surface area contributed by atoms with Gasteiger partial charge >= 0.3 is 6.03 Å². The maximum Gasteiger partial charge on any atom is 0.322 e. The minimum absolute atomic E-state index is 0.200. The summed E-state index contributed by atoms with van der Waals surface area (Å²) in [5, 5.41) is 10.3. The van der Waals surface area contributed by atoms with Gasteiger partial charge in [0, 0.05) is 37.4 Å². The second-order valence-corrected chi connectivity index (χ2v) is 9.67. The van der Waals surface area contributed by atoms with Crippen LogP contribution in [0, 0.1) is 12.7 Å². The SMILES string of the molecule is COCCCN(CC(=O)Nc1cc(C(C)(C)C)nn1-c1cccc(C)c1)C(=O)Nc1cccc(F)c1. The molecular formula is C27H34FN5O3. The standard InChI is InChI=1S/C27H34FN5O3/c1-19-9-6-12-22(15-19)33-24(17-23(31-33)27(2,3)4)30-25(34)18-32(13-8-14-36-5)26(35)29-21-11-7-10-20(28)16-21/h6-7,9-12,15-17H,8,13-14,18H2,1-5H3,(H,29,35)(H,30,34). The molecule has 9 heteroatoms. The van der Waals surface area contributed by atoms with Crippen LogP contribution in [0.1, 0.15) is 38.4 Å². The molecule has 8 nitrogen and oxygen atoms in total. The fraction of sp³-hybridized carbons (Fsp3) is 0.370. The number of hydrogen-bond acceptors (Lipinski definition) is 4. The van der Waals surface area contributed by atoms with Gasteiger partial charge in [0.1, 0.15) is 18.2 Å². The summed E-state index contributed by atoms with van der Waals surface area (Å²) in [6.07, 6.45) is 0.537. The number of rotatable bonds is 9. The Balaban J connectivity index is 1.81. The van der Waals surface area contributed by atoms with Gasteiger partial charge in [0.2, 0.25) is 5.91 Å². The number of benzene rings is 2. The second kappa shape index (κ2) is 11.8. The van der Waals surface area contributed by atoms with E-state index in [1.54, 1.807) is 17.9 Å². The van der Waals surface area contributed by atoms with Crippen molar-refractivity contribution in [2.24, 2.45) is 0 Å². The lowest BCUT2D eigenvalue weighted by molar-refractivity contribution is -0.116. The van der Waals surface area contributed by atoms with E-state index in [9.17, 15) is 14.0 Å². The number of urea groups is 1. The van der Waals surface area contributed by atoms with Gasteiger partial charge in [0.05, 0.1) is 11.4 Å². The molecule has 0 aliphatic heterocycles. The number of nitrogens with one attached hydrogen (secondary N) is 2. The van der Waals surface area contributed by atoms with E-state index >= 15 is 0 Å². The highest BCUT2D eigenvalue weighted by molar-refractivity contribution is 5.96. The van der Waals surface area contributed by atoms with Gasteiger partial charge in [0.15, 0.2) is 0 Å². The van der Waals surface area contributed by atoms with Gasteiger partial charge < -0.3 is 20.3 Å². The van der Waals surface area contributed by atoms with Gasteiger partial charge in [-0.2, -0.15) is 5.10 Å². The molecule has 0 saturated carbocycles. The van der Waals surface area contributed by atoms with Crippen LogP contribution >= 0.6 is 0 Å². The van der Waals surface area contributed by atoms with E-state index in [1.807, 2.05) is 37.3 Å². The summed E-state index contributed by atoms with van der Waals surface area (Å²) in [7, 11) is 1.57. The lowest BCUT2D eigenvalue weighted by Crippen LogP contribution is -2.41. The summed E-state index contributed by atoms with van der Waals surface area (Å²) < 4.78 is 20.4. The van der Waals surface area contributed by atoms with Crippen molar-refractivity contribution in [3.63, 3.8) is 0 Å². The maximum atomic E-state index is 13.6. The monoisotopic (exact) mass is 495 g/mol. The number of carbonyl (C=O) groups is 2. The maximum absolute atomic E-state index is 13.6. The van der Waals surface area contributed by atoms with Crippen molar-refractivity contribution in [2.45, 2.75) is 39.5 Å². The van der Waals surface area contributed by atoms with E-state index in [0.717, 1.165) is 16.9 Å². The summed E-state index contributed by atoms with van der Waals surface area (Å²) in [4.78, 5) is 27.4. The van der Waals surface area contributed by atoms with Crippen molar-refractivity contribution >= 4 is 23.4 Å². The van der Waals surface area contributed by atoms with E-state index in [4.69, 9.17) is 9.84 Å². The first-order valence-electron chi connectivity index (χ1n) is 11.8. The molecule has 3 amide bonds. The number of anilines is 2.